The van der Waals surface area contributed by atoms with Crippen LogP contribution in [0, 0.1) is 6.92 Å². The second-order valence-corrected chi connectivity index (χ2v) is 5.48. The summed E-state index contributed by atoms with van der Waals surface area (Å²) in [5, 5.41) is 10.5. The van der Waals surface area contributed by atoms with Crippen molar-refractivity contribution in [2.24, 2.45) is 0 Å². The van der Waals surface area contributed by atoms with Gasteiger partial charge in [0.25, 0.3) is 0 Å². The van der Waals surface area contributed by atoms with E-state index in [1.165, 1.54) is 23.9 Å². The minimum Gasteiger partial charge on any atom is -0.388 e. The molecule has 0 aliphatic heterocycles. The molecule has 0 saturated carbocycles. The number of thioether (sulfide) groups is 1. The number of aliphatic hydroxyl groups is 1. The minimum absolute atomic E-state index is 0.272. The summed E-state index contributed by atoms with van der Waals surface area (Å²) in [5.41, 5.74) is 0.637. The molecule has 0 radical (unpaired) electrons. The summed E-state index contributed by atoms with van der Waals surface area (Å²) in [6, 6.07) is 4.49. The van der Waals surface area contributed by atoms with Crippen molar-refractivity contribution in [3.05, 3.63) is 53.3 Å². The molecule has 1 atom stereocenters. The van der Waals surface area contributed by atoms with Crippen LogP contribution in [0.1, 0.15) is 22.8 Å². The Morgan fingerprint density at radius 1 is 1.14 bits per heavy atom. The van der Waals surface area contributed by atoms with Gasteiger partial charge in [0.15, 0.2) is 5.16 Å². The van der Waals surface area contributed by atoms with Crippen LogP contribution in [0.3, 0.4) is 0 Å². The van der Waals surface area contributed by atoms with Crippen LogP contribution in [-0.2, 0) is 6.18 Å². The van der Waals surface area contributed by atoms with E-state index in [1.807, 2.05) is 6.92 Å². The molecule has 0 aliphatic rings. The predicted octanol–water partition coefficient (Wildman–Crippen LogP) is 3.63. The number of nitrogens with zero attached hydrogens (tertiary/aromatic N) is 2. The van der Waals surface area contributed by atoms with Crippen LogP contribution in [0.5, 0.6) is 0 Å². The molecular formula is C14H13F3N2OS. The molecule has 1 N–H and O–H groups in total. The molecule has 1 aromatic heterocycles. The second kappa shape index (κ2) is 6.44. The summed E-state index contributed by atoms with van der Waals surface area (Å²) >= 11 is 1.25. The van der Waals surface area contributed by atoms with E-state index in [9.17, 15) is 18.3 Å². The van der Waals surface area contributed by atoms with Gasteiger partial charge in [-0.1, -0.05) is 23.9 Å². The maximum Gasteiger partial charge on any atom is 0.416 e. The highest BCUT2D eigenvalue weighted by Gasteiger charge is 2.30. The molecule has 0 bridgehead atoms. The van der Waals surface area contributed by atoms with Crippen LogP contribution in [0.4, 0.5) is 13.2 Å². The number of rotatable bonds is 4. The average molecular weight is 314 g/mol. The van der Waals surface area contributed by atoms with E-state index < -0.39 is 17.8 Å². The Morgan fingerprint density at radius 2 is 1.71 bits per heavy atom. The molecule has 1 heterocycles. The molecular weight excluding hydrogens is 301 g/mol. The molecule has 0 spiro atoms. The van der Waals surface area contributed by atoms with Crippen molar-refractivity contribution in [1.29, 1.82) is 0 Å². The van der Waals surface area contributed by atoms with Gasteiger partial charge in [-0.15, -0.1) is 0 Å². The largest absolute Gasteiger partial charge is 0.416 e. The van der Waals surface area contributed by atoms with Gasteiger partial charge in [0.1, 0.15) is 0 Å². The molecule has 2 rings (SSSR count). The molecule has 2 aromatic rings. The Labute approximate surface area is 124 Å². The van der Waals surface area contributed by atoms with Crippen molar-refractivity contribution in [2.45, 2.75) is 24.4 Å². The zero-order chi connectivity index (χ0) is 15.5. The van der Waals surface area contributed by atoms with Crippen molar-refractivity contribution in [2.75, 3.05) is 5.75 Å². The summed E-state index contributed by atoms with van der Waals surface area (Å²) in [4.78, 5) is 8.16. The lowest BCUT2D eigenvalue weighted by molar-refractivity contribution is -0.137. The Balaban J connectivity index is 1.97. The van der Waals surface area contributed by atoms with Crippen molar-refractivity contribution in [3.8, 4) is 0 Å². The molecule has 0 saturated heterocycles. The molecule has 1 aromatic carbocycles. The van der Waals surface area contributed by atoms with Gasteiger partial charge < -0.3 is 5.11 Å². The Hall–Kier alpha value is -1.60. The lowest BCUT2D eigenvalue weighted by Gasteiger charge is -2.12. The van der Waals surface area contributed by atoms with Crippen LogP contribution < -0.4 is 0 Å². The molecule has 7 heteroatoms. The predicted molar refractivity (Wildman–Crippen MR) is 73.9 cm³/mol. The Kier molecular flexibility index (Phi) is 4.84. The minimum atomic E-state index is -4.37. The molecule has 3 nitrogen and oxygen atoms in total. The van der Waals surface area contributed by atoms with Gasteiger partial charge in [-0.05, 0) is 30.2 Å². The SMILES string of the molecule is Cc1cnc(SCC(O)c2ccc(C(F)(F)F)cc2)nc1. The van der Waals surface area contributed by atoms with E-state index in [1.54, 1.807) is 12.4 Å². The second-order valence-electron chi connectivity index (χ2n) is 4.49. The first-order valence-electron chi connectivity index (χ1n) is 6.13. The number of aryl methyl sites for hydroxylation is 1. The molecule has 21 heavy (non-hydrogen) atoms. The van der Waals surface area contributed by atoms with E-state index in [0.717, 1.165) is 17.7 Å². The molecule has 1 unspecified atom stereocenters. The zero-order valence-corrected chi connectivity index (χ0v) is 11.9. The molecule has 0 fully saturated rings. The summed E-state index contributed by atoms with van der Waals surface area (Å²) in [6.07, 6.45) is -1.91. The topological polar surface area (TPSA) is 46.0 Å². The summed E-state index contributed by atoms with van der Waals surface area (Å²) in [5.74, 6) is 0.272. The van der Waals surface area contributed by atoms with Crippen molar-refractivity contribution < 1.29 is 18.3 Å². The molecule has 0 amide bonds. The monoisotopic (exact) mass is 314 g/mol. The fourth-order valence-electron chi connectivity index (χ4n) is 1.60. The Morgan fingerprint density at radius 3 is 2.24 bits per heavy atom. The van der Waals surface area contributed by atoms with Gasteiger partial charge in [0.05, 0.1) is 11.7 Å². The van der Waals surface area contributed by atoms with Gasteiger partial charge in [-0.2, -0.15) is 13.2 Å². The molecule has 0 aliphatic carbocycles. The number of hydrogen-bond acceptors (Lipinski definition) is 4. The van der Waals surface area contributed by atoms with E-state index in [4.69, 9.17) is 0 Å². The lowest BCUT2D eigenvalue weighted by atomic mass is 10.1. The van der Waals surface area contributed by atoms with E-state index in [2.05, 4.69) is 9.97 Å². The standard InChI is InChI=1S/C14H13F3N2OS/c1-9-6-18-13(19-7-9)21-8-12(20)10-2-4-11(5-3-10)14(15,16)17/h2-7,12,20H,8H2,1H3. The van der Waals surface area contributed by atoms with Gasteiger partial charge in [-0.3, -0.25) is 0 Å². The van der Waals surface area contributed by atoms with E-state index in [-0.39, 0.29) is 5.75 Å². The van der Waals surface area contributed by atoms with Crippen molar-refractivity contribution in [3.63, 3.8) is 0 Å². The average Bonchev–Trinajstić information content (AvgIpc) is 2.45. The van der Waals surface area contributed by atoms with E-state index in [0.29, 0.717) is 10.7 Å². The van der Waals surface area contributed by atoms with Crippen molar-refractivity contribution >= 4 is 11.8 Å². The van der Waals surface area contributed by atoms with E-state index >= 15 is 0 Å². The fourth-order valence-corrected chi connectivity index (χ4v) is 2.35. The fraction of sp³-hybridized carbons (Fsp3) is 0.286. The highest BCUT2D eigenvalue weighted by atomic mass is 32.2. The first kappa shape index (κ1) is 15.8. The lowest BCUT2D eigenvalue weighted by Crippen LogP contribution is -2.06. The smallest absolute Gasteiger partial charge is 0.388 e. The third-order valence-electron chi connectivity index (χ3n) is 2.75. The van der Waals surface area contributed by atoms with Crippen LogP contribution >= 0.6 is 11.8 Å². The first-order valence-corrected chi connectivity index (χ1v) is 7.11. The number of halogens is 3. The number of alkyl halides is 3. The van der Waals surface area contributed by atoms with Gasteiger partial charge in [0, 0.05) is 18.1 Å². The number of benzene rings is 1. The molecule has 112 valence electrons. The maximum absolute atomic E-state index is 12.4. The van der Waals surface area contributed by atoms with Crippen LogP contribution in [-0.4, -0.2) is 20.8 Å². The normalized spacial score (nSPS) is 13.2. The maximum atomic E-state index is 12.4. The summed E-state index contributed by atoms with van der Waals surface area (Å²) in [7, 11) is 0. The quantitative estimate of drug-likeness (QED) is 0.691. The third kappa shape index (κ3) is 4.44. The summed E-state index contributed by atoms with van der Waals surface area (Å²) < 4.78 is 37.3. The van der Waals surface area contributed by atoms with Crippen LogP contribution in [0.25, 0.3) is 0 Å². The number of aliphatic hydroxyl groups excluding tert-OH is 1. The summed E-state index contributed by atoms with van der Waals surface area (Å²) in [6.45, 7) is 1.87. The van der Waals surface area contributed by atoms with Gasteiger partial charge in [0.2, 0.25) is 0 Å². The number of aromatic nitrogens is 2. The van der Waals surface area contributed by atoms with Crippen LogP contribution in [0.15, 0.2) is 41.8 Å². The highest BCUT2D eigenvalue weighted by Crippen LogP contribution is 2.30. The highest BCUT2D eigenvalue weighted by molar-refractivity contribution is 7.99. The number of hydrogen-bond donors (Lipinski definition) is 1. The first-order chi connectivity index (χ1) is 9.86. The third-order valence-corrected chi connectivity index (χ3v) is 3.70. The van der Waals surface area contributed by atoms with Gasteiger partial charge in [-0.25, -0.2) is 9.97 Å². The zero-order valence-electron chi connectivity index (χ0n) is 11.1. The van der Waals surface area contributed by atoms with Gasteiger partial charge >= 0.3 is 6.18 Å². The Bertz CT molecular complexity index is 585. The van der Waals surface area contributed by atoms with Crippen molar-refractivity contribution in [1.82, 2.24) is 9.97 Å². The van der Waals surface area contributed by atoms with Crippen LogP contribution in [0.2, 0.25) is 0 Å².